The highest BCUT2D eigenvalue weighted by atomic mass is 35.5. The highest BCUT2D eigenvalue weighted by Crippen LogP contribution is 2.43. The molecule has 0 N–H and O–H groups in total. The Labute approximate surface area is 175 Å². The van der Waals surface area contributed by atoms with E-state index in [0.717, 1.165) is 0 Å². The Morgan fingerprint density at radius 1 is 0.733 bits per heavy atom. The second-order valence-corrected chi connectivity index (χ2v) is 6.99. The van der Waals surface area contributed by atoms with Gasteiger partial charge in [-0.3, -0.25) is 20.2 Å². The molecule has 0 atom stereocenters. The number of rotatable bonds is 2. The van der Waals surface area contributed by atoms with Crippen molar-refractivity contribution in [1.82, 2.24) is 0 Å². The van der Waals surface area contributed by atoms with E-state index < -0.39 is 9.85 Å². The van der Waals surface area contributed by atoms with E-state index in [9.17, 15) is 20.2 Å². The Balaban J connectivity index is 1.74. The molecular weight excluding hydrogens is 439 g/mol. The first-order valence-electron chi connectivity index (χ1n) is 8.24. The van der Waals surface area contributed by atoms with Gasteiger partial charge in [0.15, 0.2) is 23.0 Å². The molecule has 3 aromatic rings. The third kappa shape index (κ3) is 2.65. The van der Waals surface area contributed by atoms with Crippen molar-refractivity contribution in [3.8, 4) is 23.0 Å². The van der Waals surface area contributed by atoms with Crippen LogP contribution < -0.4 is 20.2 Å². The van der Waals surface area contributed by atoms with Crippen molar-refractivity contribution in [3.05, 3.63) is 77.4 Å². The zero-order valence-corrected chi connectivity index (χ0v) is 16.0. The van der Waals surface area contributed by atoms with Crippen molar-refractivity contribution < 1.29 is 19.3 Å². The first-order valence-corrected chi connectivity index (χ1v) is 9.00. The number of nitrogens with zero attached hydrogens (tertiary/aromatic N) is 4. The van der Waals surface area contributed by atoms with Gasteiger partial charge in [0, 0.05) is 12.1 Å². The highest BCUT2D eigenvalue weighted by molar-refractivity contribution is 6.35. The fourth-order valence-electron chi connectivity index (χ4n) is 3.05. The van der Waals surface area contributed by atoms with Gasteiger partial charge in [0.1, 0.15) is 32.1 Å². The van der Waals surface area contributed by atoms with Crippen LogP contribution in [0.3, 0.4) is 0 Å². The quantitative estimate of drug-likeness (QED) is 0.280. The standard InChI is InChI=1S/C18H6Cl2N4O6/c19-13-15-17(29-11-5-7(23(25)26)1-3-9(11)21-15)14(20)16-18(13)30-12-6-8(24(27)28)2-4-10(12)22-16/h1-6H. The molecule has 0 radical (unpaired) electrons. The number of ether oxygens (including phenoxy) is 2. The first kappa shape index (κ1) is 18.3. The molecule has 2 aliphatic rings. The minimum atomic E-state index is -0.556. The summed E-state index contributed by atoms with van der Waals surface area (Å²) in [5, 5.41) is 22.4. The Bertz CT molecular complexity index is 1330. The molecule has 0 saturated heterocycles. The van der Waals surface area contributed by atoms with Crippen molar-refractivity contribution in [2.75, 3.05) is 0 Å². The summed E-state index contributed by atoms with van der Waals surface area (Å²) in [6.07, 6.45) is 0. The number of non-ortho nitro benzene ring substituents is 2. The Hall–Kier alpha value is -3.76. The van der Waals surface area contributed by atoms with Gasteiger partial charge in [0.05, 0.1) is 22.0 Å². The highest BCUT2D eigenvalue weighted by Gasteiger charge is 2.28. The summed E-state index contributed by atoms with van der Waals surface area (Å²) in [4.78, 5) is 29.7. The van der Waals surface area contributed by atoms with E-state index in [1.807, 2.05) is 0 Å². The fourth-order valence-corrected chi connectivity index (χ4v) is 3.56. The van der Waals surface area contributed by atoms with Crippen LogP contribution in [-0.2, 0) is 0 Å². The van der Waals surface area contributed by atoms with Crippen molar-refractivity contribution in [3.63, 3.8) is 0 Å². The summed E-state index contributed by atoms with van der Waals surface area (Å²) < 4.78 is 11.5. The van der Waals surface area contributed by atoms with Crippen LogP contribution in [0.4, 0.5) is 22.7 Å². The van der Waals surface area contributed by atoms with Crippen LogP contribution in [0.5, 0.6) is 23.0 Å². The van der Waals surface area contributed by atoms with E-state index in [4.69, 9.17) is 32.7 Å². The number of hydrogen-bond donors (Lipinski definition) is 0. The van der Waals surface area contributed by atoms with Crippen LogP contribution in [0.2, 0.25) is 10.0 Å². The van der Waals surface area contributed by atoms with Gasteiger partial charge in [-0.05, 0) is 12.1 Å². The van der Waals surface area contributed by atoms with E-state index in [1.54, 1.807) is 0 Å². The van der Waals surface area contributed by atoms with E-state index in [1.165, 1.54) is 36.4 Å². The van der Waals surface area contributed by atoms with E-state index in [-0.39, 0.29) is 55.1 Å². The summed E-state index contributed by atoms with van der Waals surface area (Å²) in [6.45, 7) is 0. The first-order chi connectivity index (χ1) is 14.3. The maximum Gasteiger partial charge on any atom is 0.273 e. The zero-order chi connectivity index (χ0) is 21.2. The minimum absolute atomic E-state index is 0.0364. The molecule has 5 rings (SSSR count). The van der Waals surface area contributed by atoms with Gasteiger partial charge < -0.3 is 9.47 Å². The molecule has 0 aliphatic carbocycles. The molecule has 148 valence electrons. The van der Waals surface area contributed by atoms with E-state index in [0.29, 0.717) is 11.4 Å². The minimum Gasteiger partial charge on any atom is -0.451 e. The smallest absolute Gasteiger partial charge is 0.273 e. The van der Waals surface area contributed by atoms with E-state index >= 15 is 0 Å². The van der Waals surface area contributed by atoms with Crippen LogP contribution in [-0.4, -0.2) is 9.85 Å². The zero-order valence-electron chi connectivity index (χ0n) is 14.5. The SMILES string of the molecule is O=[N+]([O-])c1ccc2c(c1)Oc1c(Cl)c3c(c(Cl)c1=N2)Oc1cc([N+](=O)[O-])ccc1N=3. The Morgan fingerprint density at radius 2 is 1.13 bits per heavy atom. The number of nitro groups is 2. The molecule has 0 saturated carbocycles. The summed E-state index contributed by atoms with van der Waals surface area (Å²) >= 11 is 12.9. The summed E-state index contributed by atoms with van der Waals surface area (Å²) in [5.41, 5.74) is 0.289. The largest absolute Gasteiger partial charge is 0.451 e. The lowest BCUT2D eigenvalue weighted by Crippen LogP contribution is -2.22. The predicted molar refractivity (Wildman–Crippen MR) is 104 cm³/mol. The topological polar surface area (TPSA) is 129 Å². The third-order valence-electron chi connectivity index (χ3n) is 4.44. The molecule has 10 nitrogen and oxygen atoms in total. The number of benzene rings is 3. The summed E-state index contributed by atoms with van der Waals surface area (Å²) in [6, 6.07) is 7.87. The van der Waals surface area contributed by atoms with Crippen molar-refractivity contribution in [1.29, 1.82) is 0 Å². The monoisotopic (exact) mass is 444 g/mol. The third-order valence-corrected chi connectivity index (χ3v) is 5.14. The molecule has 0 spiro atoms. The molecule has 30 heavy (non-hydrogen) atoms. The Kier molecular flexibility index (Phi) is 3.88. The molecule has 2 aliphatic heterocycles. The molecule has 0 bridgehead atoms. The van der Waals surface area contributed by atoms with Crippen LogP contribution in [0.25, 0.3) is 0 Å². The Morgan fingerprint density at radius 3 is 1.50 bits per heavy atom. The predicted octanol–water partition coefficient (Wildman–Crippen LogP) is 4.92. The van der Waals surface area contributed by atoms with Gasteiger partial charge in [-0.15, -0.1) is 0 Å². The second kappa shape index (κ2) is 6.37. The molecule has 0 amide bonds. The summed E-state index contributed by atoms with van der Waals surface area (Å²) in [5.74, 6) is 0.432. The molecule has 0 fully saturated rings. The lowest BCUT2D eigenvalue weighted by molar-refractivity contribution is -0.385. The van der Waals surface area contributed by atoms with Crippen LogP contribution in [0.15, 0.2) is 46.4 Å². The molecule has 12 heteroatoms. The lowest BCUT2D eigenvalue weighted by atomic mass is 10.2. The average Bonchev–Trinajstić information content (AvgIpc) is 2.74. The maximum absolute atomic E-state index is 11.0. The number of hydrogen-bond acceptors (Lipinski definition) is 8. The van der Waals surface area contributed by atoms with Gasteiger partial charge in [-0.25, -0.2) is 9.98 Å². The fraction of sp³-hybridized carbons (Fsp3) is 0. The number of fused-ring (bicyclic) bond motifs is 4. The average molecular weight is 445 g/mol. The van der Waals surface area contributed by atoms with Crippen LogP contribution >= 0.6 is 23.2 Å². The van der Waals surface area contributed by atoms with Gasteiger partial charge in [0.25, 0.3) is 11.4 Å². The molecule has 2 heterocycles. The summed E-state index contributed by atoms with van der Waals surface area (Å²) in [7, 11) is 0. The van der Waals surface area contributed by atoms with Gasteiger partial charge in [-0.1, -0.05) is 23.2 Å². The van der Waals surface area contributed by atoms with Gasteiger partial charge in [-0.2, -0.15) is 0 Å². The molecular formula is C18H6Cl2N4O6. The second-order valence-electron chi connectivity index (χ2n) is 6.23. The van der Waals surface area contributed by atoms with Crippen LogP contribution in [0.1, 0.15) is 0 Å². The lowest BCUT2D eigenvalue weighted by Gasteiger charge is -2.20. The van der Waals surface area contributed by atoms with E-state index in [2.05, 4.69) is 9.98 Å². The normalized spacial score (nSPS) is 12.6. The van der Waals surface area contributed by atoms with Crippen molar-refractivity contribution >= 4 is 46.0 Å². The molecule has 0 unspecified atom stereocenters. The number of nitro benzene ring substituents is 2. The van der Waals surface area contributed by atoms with Crippen molar-refractivity contribution in [2.24, 2.45) is 9.98 Å². The van der Waals surface area contributed by atoms with Gasteiger partial charge in [0.2, 0.25) is 0 Å². The van der Waals surface area contributed by atoms with Crippen molar-refractivity contribution in [2.45, 2.75) is 0 Å². The van der Waals surface area contributed by atoms with Crippen LogP contribution in [0, 0.1) is 20.2 Å². The molecule has 3 aromatic carbocycles. The number of halogens is 2. The molecule has 0 aromatic heterocycles. The van der Waals surface area contributed by atoms with Gasteiger partial charge >= 0.3 is 0 Å². The maximum atomic E-state index is 11.0.